The maximum atomic E-state index is 12.4. The number of allylic oxidation sites excluding steroid dienone is 3. The second kappa shape index (κ2) is 51.2. The summed E-state index contributed by atoms with van der Waals surface area (Å²) in [6.07, 6.45) is 67.7. The molecule has 350 valence electrons. The van der Waals surface area contributed by atoms with Crippen molar-refractivity contribution < 1.29 is 15.0 Å². The predicted molar refractivity (Wildman–Crippen MR) is 262 cm³/mol. The minimum Gasteiger partial charge on any atom is -0.394 e. The number of rotatable bonds is 50. The summed E-state index contributed by atoms with van der Waals surface area (Å²) in [6.45, 7) is 4.33. The van der Waals surface area contributed by atoms with Crippen molar-refractivity contribution in [3.8, 4) is 0 Å². The first-order valence-corrected chi connectivity index (χ1v) is 27.1. The summed E-state index contributed by atoms with van der Waals surface area (Å²) in [5.74, 6) is -0.0678. The van der Waals surface area contributed by atoms with E-state index in [1.165, 1.54) is 250 Å². The van der Waals surface area contributed by atoms with E-state index in [0.29, 0.717) is 6.42 Å². The largest absolute Gasteiger partial charge is 0.394 e. The van der Waals surface area contributed by atoms with E-state index in [2.05, 4.69) is 31.3 Å². The fourth-order valence-corrected chi connectivity index (χ4v) is 8.55. The molecule has 0 aliphatic heterocycles. The van der Waals surface area contributed by atoms with Crippen molar-refractivity contribution in [3.63, 3.8) is 0 Å². The second-order valence-electron chi connectivity index (χ2n) is 18.7. The molecule has 0 heterocycles. The summed E-state index contributed by atoms with van der Waals surface area (Å²) in [5.41, 5.74) is 0. The van der Waals surface area contributed by atoms with Gasteiger partial charge in [0.2, 0.25) is 5.91 Å². The van der Waals surface area contributed by atoms with E-state index < -0.39 is 12.1 Å². The molecule has 3 N–H and O–H groups in total. The summed E-state index contributed by atoms with van der Waals surface area (Å²) in [7, 11) is 0. The Morgan fingerprint density at radius 3 is 0.983 bits per heavy atom. The molecule has 0 aromatic heterocycles. The van der Waals surface area contributed by atoms with E-state index >= 15 is 0 Å². The average molecular weight is 830 g/mol. The Morgan fingerprint density at radius 1 is 0.390 bits per heavy atom. The lowest BCUT2D eigenvalue weighted by Gasteiger charge is -2.19. The molecule has 2 atom stereocenters. The van der Waals surface area contributed by atoms with Crippen molar-refractivity contribution in [1.29, 1.82) is 0 Å². The van der Waals surface area contributed by atoms with E-state index in [0.717, 1.165) is 32.1 Å². The van der Waals surface area contributed by atoms with Crippen LogP contribution in [0, 0.1) is 0 Å². The Bertz CT molecular complexity index is 855. The minimum absolute atomic E-state index is 0.0678. The third-order valence-corrected chi connectivity index (χ3v) is 12.7. The van der Waals surface area contributed by atoms with Crippen LogP contribution in [0.4, 0.5) is 0 Å². The Kier molecular flexibility index (Phi) is 50.2. The molecule has 4 heteroatoms. The van der Waals surface area contributed by atoms with Crippen LogP contribution in [0.3, 0.4) is 0 Å². The van der Waals surface area contributed by atoms with Gasteiger partial charge in [0.15, 0.2) is 0 Å². The lowest BCUT2D eigenvalue weighted by molar-refractivity contribution is -0.123. The van der Waals surface area contributed by atoms with Crippen molar-refractivity contribution >= 4 is 5.91 Å². The van der Waals surface area contributed by atoms with Crippen LogP contribution in [0.15, 0.2) is 24.3 Å². The normalized spacial score (nSPS) is 12.9. The highest BCUT2D eigenvalue weighted by atomic mass is 16.3. The number of carbonyl (C=O) groups excluding carboxylic acids is 1. The third kappa shape index (κ3) is 47.8. The highest BCUT2D eigenvalue weighted by molar-refractivity contribution is 5.76. The van der Waals surface area contributed by atoms with Crippen LogP contribution in [-0.2, 0) is 4.79 Å². The lowest BCUT2D eigenvalue weighted by atomic mass is 10.0. The van der Waals surface area contributed by atoms with Gasteiger partial charge in [-0.3, -0.25) is 4.79 Å². The fourth-order valence-electron chi connectivity index (χ4n) is 8.55. The van der Waals surface area contributed by atoms with Crippen molar-refractivity contribution in [2.45, 2.75) is 315 Å². The molecule has 0 aromatic carbocycles. The van der Waals surface area contributed by atoms with E-state index in [-0.39, 0.29) is 12.5 Å². The first-order valence-electron chi connectivity index (χ1n) is 27.1. The quantitative estimate of drug-likeness (QED) is 0.0422. The van der Waals surface area contributed by atoms with Gasteiger partial charge in [0.25, 0.3) is 0 Å². The van der Waals surface area contributed by atoms with E-state index in [1.807, 2.05) is 6.08 Å². The smallest absolute Gasteiger partial charge is 0.220 e. The van der Waals surface area contributed by atoms with Crippen molar-refractivity contribution in [2.24, 2.45) is 0 Å². The zero-order valence-corrected chi connectivity index (χ0v) is 40.3. The molecule has 0 saturated heterocycles. The summed E-state index contributed by atoms with van der Waals surface area (Å²) in [5, 5.41) is 23.1. The number of hydrogen-bond acceptors (Lipinski definition) is 3. The standard InChI is InChI=1S/C55H107NO3/c1-3-5-7-9-11-13-15-17-19-21-23-24-25-26-27-28-29-30-31-33-34-36-38-40-42-44-46-48-50-54(58)53(52-57)56-55(59)51-49-47-45-43-41-39-37-35-32-22-20-18-16-14-12-10-8-6-4-2/h40,42,48,50,53-54,57-58H,3-39,41,43-47,49,51-52H2,1-2H3,(H,56,59)/b42-40+,50-48+. The van der Waals surface area contributed by atoms with Crippen LogP contribution in [0.1, 0.15) is 303 Å². The van der Waals surface area contributed by atoms with Crippen LogP contribution >= 0.6 is 0 Å². The van der Waals surface area contributed by atoms with Crippen LogP contribution < -0.4 is 5.32 Å². The van der Waals surface area contributed by atoms with Crippen LogP contribution in [0.25, 0.3) is 0 Å². The molecule has 4 nitrogen and oxygen atoms in total. The highest BCUT2D eigenvalue weighted by Gasteiger charge is 2.18. The number of amides is 1. The zero-order chi connectivity index (χ0) is 42.8. The molecule has 0 fully saturated rings. The summed E-state index contributed by atoms with van der Waals surface area (Å²) >= 11 is 0. The number of hydrogen-bond donors (Lipinski definition) is 3. The fraction of sp³-hybridized carbons (Fsp3) is 0.909. The van der Waals surface area contributed by atoms with Gasteiger partial charge in [-0.2, -0.15) is 0 Å². The lowest BCUT2D eigenvalue weighted by Crippen LogP contribution is -2.45. The highest BCUT2D eigenvalue weighted by Crippen LogP contribution is 2.17. The van der Waals surface area contributed by atoms with Crippen LogP contribution in [0.2, 0.25) is 0 Å². The van der Waals surface area contributed by atoms with Gasteiger partial charge in [-0.15, -0.1) is 0 Å². The number of unbranched alkanes of at least 4 members (excludes halogenated alkanes) is 41. The molecule has 0 radical (unpaired) electrons. The molecule has 2 unspecified atom stereocenters. The molecule has 0 spiro atoms. The topological polar surface area (TPSA) is 69.6 Å². The summed E-state index contributed by atoms with van der Waals surface area (Å²) in [6, 6.07) is -0.636. The Hall–Kier alpha value is -1.13. The van der Waals surface area contributed by atoms with Gasteiger partial charge < -0.3 is 15.5 Å². The molecule has 0 bridgehead atoms. The molecule has 0 saturated carbocycles. The van der Waals surface area contributed by atoms with Crippen LogP contribution in [-0.4, -0.2) is 34.9 Å². The average Bonchev–Trinajstić information content (AvgIpc) is 3.24. The predicted octanol–water partition coefficient (Wildman–Crippen LogP) is 17.5. The van der Waals surface area contributed by atoms with Gasteiger partial charge in [-0.25, -0.2) is 0 Å². The first-order chi connectivity index (χ1) is 29.2. The molecule has 0 rings (SSSR count). The monoisotopic (exact) mass is 830 g/mol. The second-order valence-corrected chi connectivity index (χ2v) is 18.7. The maximum Gasteiger partial charge on any atom is 0.220 e. The Morgan fingerprint density at radius 2 is 0.661 bits per heavy atom. The van der Waals surface area contributed by atoms with Gasteiger partial charge >= 0.3 is 0 Å². The van der Waals surface area contributed by atoms with E-state index in [9.17, 15) is 15.0 Å². The zero-order valence-electron chi connectivity index (χ0n) is 40.3. The number of aliphatic hydroxyl groups excluding tert-OH is 2. The summed E-state index contributed by atoms with van der Waals surface area (Å²) in [4.78, 5) is 12.4. The van der Waals surface area contributed by atoms with Crippen molar-refractivity contribution in [1.82, 2.24) is 5.32 Å². The van der Waals surface area contributed by atoms with E-state index in [1.54, 1.807) is 6.08 Å². The molecule has 0 aliphatic rings. The molecule has 1 amide bonds. The summed E-state index contributed by atoms with van der Waals surface area (Å²) < 4.78 is 0. The van der Waals surface area contributed by atoms with Crippen molar-refractivity contribution in [3.05, 3.63) is 24.3 Å². The minimum atomic E-state index is -0.859. The van der Waals surface area contributed by atoms with Crippen molar-refractivity contribution in [2.75, 3.05) is 6.61 Å². The molecular formula is C55H107NO3. The van der Waals surface area contributed by atoms with Gasteiger partial charge in [0, 0.05) is 6.42 Å². The molecule has 59 heavy (non-hydrogen) atoms. The Labute approximate surface area is 370 Å². The Balaban J connectivity index is 3.50. The van der Waals surface area contributed by atoms with Gasteiger partial charge in [0.05, 0.1) is 18.8 Å². The SMILES string of the molecule is CCCCCCCCCCCCCCCCCCCCCCCC/C=C/CC/C=C/C(O)C(CO)NC(=O)CCCCCCCCCCCCCCCCCCCCC. The van der Waals surface area contributed by atoms with Gasteiger partial charge in [0.1, 0.15) is 0 Å². The van der Waals surface area contributed by atoms with Crippen LogP contribution in [0.5, 0.6) is 0 Å². The molecular weight excluding hydrogens is 723 g/mol. The number of aliphatic hydroxyl groups is 2. The number of nitrogens with one attached hydrogen (secondary N) is 1. The maximum absolute atomic E-state index is 12.4. The van der Waals surface area contributed by atoms with Gasteiger partial charge in [-0.05, 0) is 32.1 Å². The third-order valence-electron chi connectivity index (χ3n) is 12.7. The number of carbonyl (C=O) groups is 1. The first kappa shape index (κ1) is 57.9. The van der Waals surface area contributed by atoms with E-state index in [4.69, 9.17) is 0 Å². The molecule has 0 aromatic rings. The van der Waals surface area contributed by atoms with Gasteiger partial charge in [-0.1, -0.05) is 289 Å². The molecule has 0 aliphatic carbocycles.